The molecule has 0 unspecified atom stereocenters. The third-order valence-corrected chi connectivity index (χ3v) is 2.39. The molecule has 1 heterocycles. The molecule has 0 bridgehead atoms. The van der Waals surface area contributed by atoms with Gasteiger partial charge in [-0.2, -0.15) is 0 Å². The highest BCUT2D eigenvalue weighted by atomic mass is 35.5. The molecule has 0 aliphatic rings. The minimum absolute atomic E-state index is 0.00888. The fourth-order valence-electron chi connectivity index (χ4n) is 1.47. The molecular weight excluding hydrogens is 252 g/mol. The van der Waals surface area contributed by atoms with Crippen LogP contribution in [0.3, 0.4) is 0 Å². The molecule has 17 heavy (non-hydrogen) atoms. The first-order valence-corrected chi connectivity index (χ1v) is 5.43. The number of rotatable bonds is 4. The highest BCUT2D eigenvalue weighted by molar-refractivity contribution is 6.29. The Balaban J connectivity index is 3.08. The van der Waals surface area contributed by atoms with E-state index in [0.717, 1.165) is 6.07 Å². The standard InChI is InChI=1S/C11H12ClF2NO2/c1-3-17-10(16)5-7-6(2)15-9(12)4-8(7)11(13)14/h4,11H,3,5H2,1-2H3. The van der Waals surface area contributed by atoms with Gasteiger partial charge in [0.1, 0.15) is 5.15 Å². The van der Waals surface area contributed by atoms with Gasteiger partial charge in [0.15, 0.2) is 0 Å². The molecule has 0 N–H and O–H groups in total. The van der Waals surface area contributed by atoms with E-state index < -0.39 is 12.4 Å². The Labute approximate surface area is 103 Å². The molecule has 0 radical (unpaired) electrons. The predicted octanol–water partition coefficient (Wildman–Crippen LogP) is 3.09. The Morgan fingerprint density at radius 3 is 2.76 bits per heavy atom. The lowest BCUT2D eigenvalue weighted by Crippen LogP contribution is -2.12. The van der Waals surface area contributed by atoms with Gasteiger partial charge >= 0.3 is 5.97 Å². The average molecular weight is 264 g/mol. The lowest BCUT2D eigenvalue weighted by Gasteiger charge is -2.11. The second-order valence-corrected chi connectivity index (χ2v) is 3.77. The molecule has 6 heteroatoms. The van der Waals surface area contributed by atoms with Crippen LogP contribution in [0.4, 0.5) is 8.78 Å². The number of aromatic nitrogens is 1. The van der Waals surface area contributed by atoms with Gasteiger partial charge in [0.25, 0.3) is 6.43 Å². The van der Waals surface area contributed by atoms with E-state index in [1.807, 2.05) is 0 Å². The Bertz CT molecular complexity index is 424. The third-order valence-electron chi connectivity index (χ3n) is 2.20. The number of esters is 1. The van der Waals surface area contributed by atoms with Crippen molar-refractivity contribution < 1.29 is 18.3 Å². The van der Waals surface area contributed by atoms with Gasteiger partial charge in [-0.05, 0) is 25.5 Å². The molecule has 0 aliphatic heterocycles. The predicted molar refractivity (Wildman–Crippen MR) is 59.3 cm³/mol. The van der Waals surface area contributed by atoms with Gasteiger partial charge in [0, 0.05) is 11.3 Å². The second-order valence-electron chi connectivity index (χ2n) is 3.38. The van der Waals surface area contributed by atoms with Crippen molar-refractivity contribution in [3.05, 3.63) is 28.0 Å². The van der Waals surface area contributed by atoms with Crippen LogP contribution in [0.25, 0.3) is 0 Å². The van der Waals surface area contributed by atoms with E-state index in [9.17, 15) is 13.6 Å². The second kappa shape index (κ2) is 5.91. The largest absolute Gasteiger partial charge is 0.466 e. The number of aryl methyl sites for hydroxylation is 1. The first kappa shape index (κ1) is 13.8. The monoisotopic (exact) mass is 263 g/mol. The summed E-state index contributed by atoms with van der Waals surface area (Å²) < 4.78 is 30.3. The quantitative estimate of drug-likeness (QED) is 0.619. The molecule has 0 fully saturated rings. The zero-order chi connectivity index (χ0) is 13.0. The average Bonchev–Trinajstić information content (AvgIpc) is 2.21. The maximum absolute atomic E-state index is 12.8. The van der Waals surface area contributed by atoms with Crippen LogP contribution in [-0.4, -0.2) is 17.6 Å². The van der Waals surface area contributed by atoms with Crippen LogP contribution in [0.5, 0.6) is 0 Å². The molecule has 3 nitrogen and oxygen atoms in total. The van der Waals surface area contributed by atoms with Crippen LogP contribution in [-0.2, 0) is 16.0 Å². The maximum atomic E-state index is 12.8. The topological polar surface area (TPSA) is 39.2 Å². The summed E-state index contributed by atoms with van der Waals surface area (Å²) in [6, 6.07) is 1.08. The van der Waals surface area contributed by atoms with Gasteiger partial charge in [-0.15, -0.1) is 0 Å². The van der Waals surface area contributed by atoms with Crippen LogP contribution in [0.15, 0.2) is 6.07 Å². The van der Waals surface area contributed by atoms with Crippen LogP contribution in [0.1, 0.15) is 30.2 Å². The number of carbonyl (C=O) groups is 1. The summed E-state index contributed by atoms with van der Waals surface area (Å²) in [5.41, 5.74) is 0.235. The lowest BCUT2D eigenvalue weighted by molar-refractivity contribution is -0.142. The number of pyridine rings is 1. The van der Waals surface area contributed by atoms with Gasteiger partial charge < -0.3 is 4.74 Å². The van der Waals surface area contributed by atoms with E-state index in [4.69, 9.17) is 16.3 Å². The summed E-state index contributed by atoms with van der Waals surface area (Å²) >= 11 is 5.60. The first-order chi connectivity index (χ1) is 7.95. The molecule has 0 spiro atoms. The molecular formula is C11H12ClF2NO2. The Morgan fingerprint density at radius 2 is 2.24 bits per heavy atom. The van der Waals surface area contributed by atoms with Gasteiger partial charge in [0.2, 0.25) is 0 Å². The molecule has 1 rings (SSSR count). The fraction of sp³-hybridized carbons (Fsp3) is 0.455. The zero-order valence-corrected chi connectivity index (χ0v) is 10.2. The van der Waals surface area contributed by atoms with Crippen LogP contribution >= 0.6 is 11.6 Å². The van der Waals surface area contributed by atoms with Crippen LogP contribution in [0, 0.1) is 6.92 Å². The fourth-order valence-corrected chi connectivity index (χ4v) is 1.71. The molecule has 0 aliphatic carbocycles. The number of halogens is 3. The highest BCUT2D eigenvalue weighted by Gasteiger charge is 2.19. The van der Waals surface area contributed by atoms with Crippen LogP contribution in [0.2, 0.25) is 5.15 Å². The van der Waals surface area contributed by atoms with Gasteiger partial charge in [-0.1, -0.05) is 11.6 Å². The van der Waals surface area contributed by atoms with Crippen molar-refractivity contribution in [3.8, 4) is 0 Å². The molecule has 94 valence electrons. The number of carbonyl (C=O) groups excluding carboxylic acids is 1. The van der Waals surface area contributed by atoms with Crippen molar-refractivity contribution in [1.29, 1.82) is 0 Å². The summed E-state index contributed by atoms with van der Waals surface area (Å²) in [6.45, 7) is 3.40. The van der Waals surface area contributed by atoms with Gasteiger partial charge in [-0.3, -0.25) is 4.79 Å². The summed E-state index contributed by atoms with van der Waals surface area (Å²) in [5, 5.41) is -0.00888. The molecule has 0 saturated heterocycles. The molecule has 0 aromatic carbocycles. The first-order valence-electron chi connectivity index (χ1n) is 5.05. The Kier molecular flexibility index (Phi) is 4.81. The van der Waals surface area contributed by atoms with Crippen molar-refractivity contribution in [2.75, 3.05) is 6.61 Å². The van der Waals surface area contributed by atoms with E-state index in [1.165, 1.54) is 6.92 Å². The number of hydrogen-bond donors (Lipinski definition) is 0. The molecule has 1 aromatic heterocycles. The number of hydrogen-bond acceptors (Lipinski definition) is 3. The summed E-state index contributed by atoms with van der Waals surface area (Å²) in [7, 11) is 0. The van der Waals surface area contributed by atoms with E-state index in [1.54, 1.807) is 6.92 Å². The SMILES string of the molecule is CCOC(=O)Cc1c(C(F)F)cc(Cl)nc1C. The van der Waals surface area contributed by atoms with Gasteiger partial charge in [-0.25, -0.2) is 13.8 Å². The minimum Gasteiger partial charge on any atom is -0.466 e. The van der Waals surface area contributed by atoms with Crippen molar-refractivity contribution >= 4 is 17.6 Å². The van der Waals surface area contributed by atoms with E-state index in [2.05, 4.69) is 4.98 Å². The zero-order valence-electron chi connectivity index (χ0n) is 9.47. The Morgan fingerprint density at radius 1 is 1.59 bits per heavy atom. The van der Waals surface area contributed by atoms with E-state index in [-0.39, 0.29) is 29.3 Å². The summed E-state index contributed by atoms with van der Waals surface area (Å²) in [5.74, 6) is -0.554. The number of alkyl halides is 2. The summed E-state index contributed by atoms with van der Waals surface area (Å²) in [4.78, 5) is 15.2. The van der Waals surface area contributed by atoms with Crippen LogP contribution < -0.4 is 0 Å². The maximum Gasteiger partial charge on any atom is 0.310 e. The smallest absolute Gasteiger partial charge is 0.310 e. The molecule has 0 amide bonds. The lowest BCUT2D eigenvalue weighted by atomic mass is 10.0. The van der Waals surface area contributed by atoms with Gasteiger partial charge in [0.05, 0.1) is 13.0 Å². The van der Waals surface area contributed by atoms with E-state index >= 15 is 0 Å². The number of nitrogens with zero attached hydrogens (tertiary/aromatic N) is 1. The number of ether oxygens (including phenoxy) is 1. The van der Waals surface area contributed by atoms with Crippen molar-refractivity contribution in [3.63, 3.8) is 0 Å². The Hall–Kier alpha value is -1.23. The highest BCUT2D eigenvalue weighted by Crippen LogP contribution is 2.27. The molecule has 0 saturated carbocycles. The van der Waals surface area contributed by atoms with Crippen molar-refractivity contribution in [1.82, 2.24) is 4.98 Å². The van der Waals surface area contributed by atoms with Crippen molar-refractivity contribution in [2.24, 2.45) is 0 Å². The third kappa shape index (κ3) is 3.63. The van der Waals surface area contributed by atoms with Crippen molar-refractivity contribution in [2.45, 2.75) is 26.7 Å². The normalized spacial score (nSPS) is 10.7. The minimum atomic E-state index is -2.70. The van der Waals surface area contributed by atoms with E-state index in [0.29, 0.717) is 5.69 Å². The summed E-state index contributed by atoms with van der Waals surface area (Å²) in [6.07, 6.45) is -2.91. The molecule has 0 atom stereocenters. The molecule has 1 aromatic rings.